The summed E-state index contributed by atoms with van der Waals surface area (Å²) < 4.78 is 44.8. The number of hydrogen-bond acceptors (Lipinski definition) is 6. The van der Waals surface area contributed by atoms with Crippen LogP contribution in [-0.2, 0) is 12.6 Å². The summed E-state index contributed by atoms with van der Waals surface area (Å²) in [5.74, 6) is 1.19. The number of hydrogen-bond donors (Lipinski definition) is 0. The molecule has 1 aliphatic rings. The van der Waals surface area contributed by atoms with Crippen molar-refractivity contribution in [1.29, 1.82) is 0 Å². The first-order chi connectivity index (χ1) is 11.9. The molecule has 0 radical (unpaired) electrons. The predicted octanol–water partition coefficient (Wildman–Crippen LogP) is 2.93. The van der Waals surface area contributed by atoms with Crippen LogP contribution in [-0.4, -0.2) is 46.2 Å². The van der Waals surface area contributed by atoms with E-state index < -0.39 is 11.7 Å². The average molecular weight is 355 g/mol. The smallest absolute Gasteiger partial charge is 0.354 e. The highest BCUT2D eigenvalue weighted by atomic mass is 19.4. The zero-order chi connectivity index (χ0) is 18.0. The maximum absolute atomic E-state index is 13.2. The molecule has 0 N–H and O–H groups in total. The van der Waals surface area contributed by atoms with Crippen molar-refractivity contribution in [2.75, 3.05) is 31.1 Å². The number of alkyl halides is 3. The Morgan fingerprint density at radius 3 is 2.56 bits per heavy atom. The van der Waals surface area contributed by atoms with E-state index in [1.54, 1.807) is 4.90 Å². The lowest BCUT2D eigenvalue weighted by molar-refractivity contribution is -0.137. The van der Waals surface area contributed by atoms with Crippen LogP contribution in [0.5, 0.6) is 0 Å². The van der Waals surface area contributed by atoms with E-state index in [1.807, 2.05) is 13.8 Å². The molecule has 2 aromatic rings. The lowest BCUT2D eigenvalue weighted by Crippen LogP contribution is -2.48. The molecule has 0 amide bonds. The Morgan fingerprint density at radius 1 is 1.24 bits per heavy atom. The molecule has 2 aromatic heterocycles. The highest BCUT2D eigenvalue weighted by molar-refractivity contribution is 5.48. The molecule has 0 bridgehead atoms. The van der Waals surface area contributed by atoms with E-state index in [1.165, 1.54) is 12.3 Å². The Bertz CT molecular complexity index is 710. The minimum atomic E-state index is -4.41. The monoisotopic (exact) mass is 355 g/mol. The van der Waals surface area contributed by atoms with Gasteiger partial charge in [-0.05, 0) is 19.1 Å². The van der Waals surface area contributed by atoms with Crippen molar-refractivity contribution in [3.8, 4) is 0 Å². The van der Waals surface area contributed by atoms with E-state index in [0.717, 1.165) is 6.07 Å². The number of halogens is 3. The molecular weight excluding hydrogens is 335 g/mol. The molecule has 25 heavy (non-hydrogen) atoms. The molecule has 1 unspecified atom stereocenters. The minimum absolute atomic E-state index is 0.00615. The molecule has 0 aliphatic carbocycles. The molecule has 1 saturated heterocycles. The zero-order valence-corrected chi connectivity index (χ0v) is 14.1. The van der Waals surface area contributed by atoms with Crippen LogP contribution >= 0.6 is 0 Å². The third kappa shape index (κ3) is 3.76. The lowest BCUT2D eigenvalue weighted by atomic mass is 10.2. The highest BCUT2D eigenvalue weighted by Gasteiger charge is 2.36. The molecule has 3 heterocycles. The Kier molecular flexibility index (Phi) is 4.94. The van der Waals surface area contributed by atoms with Crippen LogP contribution in [0, 0.1) is 0 Å². The van der Waals surface area contributed by atoms with Gasteiger partial charge in [-0.2, -0.15) is 18.2 Å². The van der Waals surface area contributed by atoms with Crippen LogP contribution in [0.15, 0.2) is 22.9 Å². The number of anilines is 1. The maximum Gasteiger partial charge on any atom is 0.419 e. The first-order valence-electron chi connectivity index (χ1n) is 8.24. The van der Waals surface area contributed by atoms with Crippen molar-refractivity contribution in [3.05, 3.63) is 35.6 Å². The van der Waals surface area contributed by atoms with Gasteiger partial charge in [0.05, 0.1) is 11.6 Å². The van der Waals surface area contributed by atoms with Gasteiger partial charge in [0.1, 0.15) is 5.82 Å². The fourth-order valence-electron chi connectivity index (χ4n) is 2.93. The summed E-state index contributed by atoms with van der Waals surface area (Å²) in [5, 5.41) is 3.89. The van der Waals surface area contributed by atoms with Gasteiger partial charge in [0, 0.05) is 38.8 Å². The van der Waals surface area contributed by atoms with Gasteiger partial charge in [-0.25, -0.2) is 4.98 Å². The molecule has 1 aliphatic heterocycles. The largest absolute Gasteiger partial charge is 0.419 e. The Morgan fingerprint density at radius 2 is 1.96 bits per heavy atom. The Labute approximate surface area is 143 Å². The summed E-state index contributed by atoms with van der Waals surface area (Å²) in [6.45, 7) is 6.02. The molecule has 3 rings (SSSR count). The number of nitrogens with zero attached hydrogens (tertiary/aromatic N) is 5. The summed E-state index contributed by atoms with van der Waals surface area (Å²) in [7, 11) is 0. The quantitative estimate of drug-likeness (QED) is 0.841. The van der Waals surface area contributed by atoms with Crippen molar-refractivity contribution in [1.82, 2.24) is 20.0 Å². The van der Waals surface area contributed by atoms with Gasteiger partial charge in [0.25, 0.3) is 0 Å². The van der Waals surface area contributed by atoms with Crippen LogP contribution in [0.2, 0.25) is 0 Å². The number of pyridine rings is 1. The average Bonchev–Trinajstić information content (AvgIpc) is 3.10. The van der Waals surface area contributed by atoms with Gasteiger partial charge >= 0.3 is 6.18 Å². The second-order valence-electron chi connectivity index (χ2n) is 5.97. The van der Waals surface area contributed by atoms with E-state index in [-0.39, 0.29) is 11.9 Å². The molecule has 0 aromatic carbocycles. The summed E-state index contributed by atoms with van der Waals surface area (Å²) >= 11 is 0. The number of aromatic nitrogens is 3. The highest BCUT2D eigenvalue weighted by Crippen LogP contribution is 2.35. The predicted molar refractivity (Wildman–Crippen MR) is 85.1 cm³/mol. The second kappa shape index (κ2) is 6.99. The van der Waals surface area contributed by atoms with Gasteiger partial charge in [-0.3, -0.25) is 4.90 Å². The normalized spacial score (nSPS) is 17.7. The van der Waals surface area contributed by atoms with Crippen molar-refractivity contribution in [2.45, 2.75) is 32.5 Å². The third-order valence-electron chi connectivity index (χ3n) is 4.41. The summed E-state index contributed by atoms with van der Waals surface area (Å²) in [5.41, 5.74) is -0.694. The first kappa shape index (κ1) is 17.7. The molecule has 0 saturated carbocycles. The number of piperazine rings is 1. The van der Waals surface area contributed by atoms with Crippen molar-refractivity contribution in [2.24, 2.45) is 0 Å². The van der Waals surface area contributed by atoms with Crippen molar-refractivity contribution >= 4 is 5.82 Å². The zero-order valence-electron chi connectivity index (χ0n) is 14.1. The maximum atomic E-state index is 13.2. The van der Waals surface area contributed by atoms with E-state index in [9.17, 15) is 13.2 Å². The Hall–Kier alpha value is -2.16. The van der Waals surface area contributed by atoms with Gasteiger partial charge in [0.15, 0.2) is 5.82 Å². The fraction of sp³-hybridized carbons (Fsp3) is 0.562. The van der Waals surface area contributed by atoms with Crippen LogP contribution in [0.4, 0.5) is 19.0 Å². The van der Waals surface area contributed by atoms with Crippen molar-refractivity contribution < 1.29 is 17.7 Å². The molecule has 136 valence electrons. The fourth-order valence-corrected chi connectivity index (χ4v) is 2.93. The van der Waals surface area contributed by atoms with E-state index in [2.05, 4.69) is 20.0 Å². The van der Waals surface area contributed by atoms with Gasteiger partial charge in [0.2, 0.25) is 5.89 Å². The summed E-state index contributed by atoms with van der Waals surface area (Å²) in [4.78, 5) is 12.1. The van der Waals surface area contributed by atoms with E-state index in [0.29, 0.717) is 44.3 Å². The standard InChI is InChI=1S/C16H20F3N5O/c1-3-13-21-15(25-22-13)11(2)23-7-9-24(10-8-23)14-12(16(17,18)19)5-4-6-20-14/h4-6,11H,3,7-10H2,1-2H3. The lowest BCUT2D eigenvalue weighted by Gasteiger charge is -2.38. The number of aryl methyl sites for hydroxylation is 1. The topological polar surface area (TPSA) is 58.3 Å². The van der Waals surface area contributed by atoms with Gasteiger partial charge in [-0.15, -0.1) is 0 Å². The second-order valence-corrected chi connectivity index (χ2v) is 5.97. The summed E-state index contributed by atoms with van der Waals surface area (Å²) in [6.07, 6.45) is -2.32. The van der Waals surface area contributed by atoms with Crippen LogP contribution in [0.25, 0.3) is 0 Å². The molecule has 0 spiro atoms. The first-order valence-corrected chi connectivity index (χ1v) is 8.24. The van der Waals surface area contributed by atoms with Crippen molar-refractivity contribution in [3.63, 3.8) is 0 Å². The SMILES string of the molecule is CCc1noc(C(C)N2CCN(c3ncccc3C(F)(F)F)CC2)n1. The van der Waals surface area contributed by atoms with E-state index >= 15 is 0 Å². The molecular formula is C16H20F3N5O. The van der Waals surface area contributed by atoms with Gasteiger partial charge in [-0.1, -0.05) is 12.1 Å². The molecule has 1 atom stereocenters. The number of rotatable bonds is 4. The molecule has 1 fully saturated rings. The van der Waals surface area contributed by atoms with Gasteiger partial charge < -0.3 is 9.42 Å². The van der Waals surface area contributed by atoms with Crippen LogP contribution in [0.3, 0.4) is 0 Å². The molecule has 6 nitrogen and oxygen atoms in total. The van der Waals surface area contributed by atoms with Crippen LogP contribution < -0.4 is 4.90 Å². The minimum Gasteiger partial charge on any atom is -0.354 e. The van der Waals surface area contributed by atoms with E-state index in [4.69, 9.17) is 4.52 Å². The Balaban J connectivity index is 1.68. The third-order valence-corrected chi connectivity index (χ3v) is 4.41. The summed E-state index contributed by atoms with van der Waals surface area (Å²) in [6, 6.07) is 2.31. The van der Waals surface area contributed by atoms with Crippen LogP contribution in [0.1, 0.15) is 37.2 Å². The molecule has 9 heteroatoms.